The van der Waals surface area contributed by atoms with Crippen molar-refractivity contribution >= 4 is 11.7 Å². The highest BCUT2D eigenvalue weighted by Crippen LogP contribution is 2.34. The number of nitrogens with one attached hydrogen (secondary N) is 2. The molecule has 4 N–H and O–H groups in total. The third-order valence-corrected chi connectivity index (χ3v) is 5.18. The summed E-state index contributed by atoms with van der Waals surface area (Å²) in [5.41, 5.74) is 4.90. The number of morpholine rings is 1. The molecule has 1 aliphatic carbocycles. The molecule has 0 aromatic carbocycles. The lowest BCUT2D eigenvalue weighted by molar-refractivity contribution is -0.140. The minimum Gasteiger partial charge on any atom is -0.383 e. The van der Waals surface area contributed by atoms with Crippen LogP contribution in [0.4, 0.5) is 5.82 Å². The molecule has 0 atom stereocenters. The fraction of sp³-hybridized carbons (Fsp3) is 0.706. The summed E-state index contributed by atoms with van der Waals surface area (Å²) in [4.78, 5) is 33.5. The van der Waals surface area contributed by atoms with Crippen LogP contribution >= 0.6 is 0 Å². The number of aromatic amines is 1. The van der Waals surface area contributed by atoms with Gasteiger partial charge in [0, 0.05) is 32.1 Å². The van der Waals surface area contributed by atoms with Gasteiger partial charge in [-0.3, -0.25) is 14.5 Å². The van der Waals surface area contributed by atoms with Crippen molar-refractivity contribution in [3.63, 3.8) is 0 Å². The average molecular weight is 349 g/mol. The Morgan fingerprint density at radius 2 is 2.04 bits per heavy atom. The number of carbonyl (C=O) groups excluding carboxylic acids is 1. The van der Waals surface area contributed by atoms with Gasteiger partial charge in [-0.1, -0.05) is 19.3 Å². The van der Waals surface area contributed by atoms with Gasteiger partial charge in [0.15, 0.2) is 0 Å². The number of aromatic nitrogens is 2. The lowest BCUT2D eigenvalue weighted by atomic mass is 9.79. The monoisotopic (exact) mass is 349 g/mol. The molecule has 1 aliphatic heterocycles. The number of anilines is 1. The van der Waals surface area contributed by atoms with Crippen molar-refractivity contribution in [2.45, 2.75) is 44.1 Å². The zero-order chi connectivity index (χ0) is 17.7. The normalized spacial score (nSPS) is 21.0. The fourth-order valence-corrected chi connectivity index (χ4v) is 3.92. The fourth-order valence-electron chi connectivity index (χ4n) is 3.92. The van der Waals surface area contributed by atoms with E-state index in [1.54, 1.807) is 0 Å². The Labute approximate surface area is 147 Å². The summed E-state index contributed by atoms with van der Waals surface area (Å²) < 4.78 is 5.45. The molecule has 0 bridgehead atoms. The van der Waals surface area contributed by atoms with Gasteiger partial charge < -0.3 is 20.8 Å². The second-order valence-corrected chi connectivity index (χ2v) is 6.81. The van der Waals surface area contributed by atoms with E-state index in [1.807, 2.05) is 0 Å². The molecule has 2 aliphatic rings. The highest BCUT2D eigenvalue weighted by molar-refractivity contribution is 5.86. The molecule has 8 nitrogen and oxygen atoms in total. The number of rotatable bonds is 5. The minimum absolute atomic E-state index is 0.0837. The molecule has 25 heavy (non-hydrogen) atoms. The van der Waals surface area contributed by atoms with Gasteiger partial charge in [-0.15, -0.1) is 0 Å². The van der Waals surface area contributed by atoms with Gasteiger partial charge in [0.25, 0.3) is 5.56 Å². The third kappa shape index (κ3) is 4.19. The Morgan fingerprint density at radius 3 is 2.72 bits per heavy atom. The number of ether oxygens (including phenoxy) is 1. The standard InChI is InChI=1S/C17H27N5O3/c18-13-12-15(23)21-14(20-13)4-7-19-16(24)17(5-2-1-3-6-17)22-8-10-25-11-9-22/h12H,1-11H2,(H,19,24)(H3,18,20,21,23). The lowest BCUT2D eigenvalue weighted by Gasteiger charge is -2.46. The highest BCUT2D eigenvalue weighted by atomic mass is 16.5. The number of hydrogen-bond donors (Lipinski definition) is 3. The summed E-state index contributed by atoms with van der Waals surface area (Å²) >= 11 is 0. The van der Waals surface area contributed by atoms with E-state index in [0.717, 1.165) is 38.8 Å². The van der Waals surface area contributed by atoms with Crippen LogP contribution in [0.3, 0.4) is 0 Å². The molecule has 2 fully saturated rings. The van der Waals surface area contributed by atoms with Gasteiger partial charge in [-0.2, -0.15) is 0 Å². The zero-order valence-electron chi connectivity index (χ0n) is 14.6. The predicted molar refractivity (Wildman–Crippen MR) is 94.2 cm³/mol. The van der Waals surface area contributed by atoms with Gasteiger partial charge >= 0.3 is 0 Å². The second-order valence-electron chi connectivity index (χ2n) is 6.81. The first-order chi connectivity index (χ1) is 12.1. The maximum absolute atomic E-state index is 13.0. The van der Waals surface area contributed by atoms with Crippen molar-refractivity contribution in [1.82, 2.24) is 20.2 Å². The molecule has 8 heteroatoms. The minimum atomic E-state index is -0.418. The second kappa shape index (κ2) is 7.97. The number of carbonyl (C=O) groups is 1. The van der Waals surface area contributed by atoms with Crippen LogP contribution in [0.1, 0.15) is 37.9 Å². The van der Waals surface area contributed by atoms with Gasteiger partial charge in [-0.05, 0) is 12.8 Å². The molecule has 1 aromatic rings. The first-order valence-electron chi connectivity index (χ1n) is 9.07. The molecule has 138 valence electrons. The van der Waals surface area contributed by atoms with E-state index in [0.29, 0.717) is 32.0 Å². The molecule has 1 aromatic heterocycles. The van der Waals surface area contributed by atoms with E-state index in [-0.39, 0.29) is 17.3 Å². The molecule has 1 amide bonds. The van der Waals surface area contributed by atoms with Gasteiger partial charge in [0.1, 0.15) is 17.2 Å². The van der Waals surface area contributed by atoms with E-state index >= 15 is 0 Å². The zero-order valence-corrected chi connectivity index (χ0v) is 14.6. The SMILES string of the molecule is Nc1cc(=O)[nH]c(CCNC(=O)C2(N3CCOCC3)CCCCC2)n1. The average Bonchev–Trinajstić information content (AvgIpc) is 2.62. The van der Waals surface area contributed by atoms with Crippen LogP contribution < -0.4 is 16.6 Å². The third-order valence-electron chi connectivity index (χ3n) is 5.18. The first-order valence-corrected chi connectivity index (χ1v) is 9.07. The van der Waals surface area contributed by atoms with Gasteiger partial charge in [0.2, 0.25) is 5.91 Å². The van der Waals surface area contributed by atoms with Gasteiger partial charge in [0.05, 0.1) is 13.2 Å². The molecule has 2 heterocycles. The van der Waals surface area contributed by atoms with Crippen molar-refractivity contribution in [2.75, 3.05) is 38.6 Å². The van der Waals surface area contributed by atoms with E-state index in [1.165, 1.54) is 12.5 Å². The maximum atomic E-state index is 13.0. The number of amides is 1. The molecule has 0 radical (unpaired) electrons. The Morgan fingerprint density at radius 1 is 1.32 bits per heavy atom. The Bertz CT molecular complexity index is 648. The van der Waals surface area contributed by atoms with Crippen LogP contribution in [-0.2, 0) is 16.0 Å². The molecule has 1 saturated carbocycles. The van der Waals surface area contributed by atoms with Crippen LogP contribution in [0.2, 0.25) is 0 Å². The number of H-pyrrole nitrogens is 1. The maximum Gasteiger partial charge on any atom is 0.252 e. The molecule has 0 spiro atoms. The number of nitrogens with two attached hydrogens (primary N) is 1. The highest BCUT2D eigenvalue weighted by Gasteiger charge is 2.44. The summed E-state index contributed by atoms with van der Waals surface area (Å²) in [7, 11) is 0. The number of hydrogen-bond acceptors (Lipinski definition) is 6. The molecular weight excluding hydrogens is 322 g/mol. The molecule has 3 rings (SSSR count). The van der Waals surface area contributed by atoms with Crippen molar-refractivity contribution in [1.29, 1.82) is 0 Å². The Hall–Kier alpha value is -1.93. The van der Waals surface area contributed by atoms with Crippen LogP contribution in [0.25, 0.3) is 0 Å². The van der Waals surface area contributed by atoms with Crippen molar-refractivity contribution in [2.24, 2.45) is 0 Å². The Kier molecular flexibility index (Phi) is 5.70. The van der Waals surface area contributed by atoms with E-state index in [9.17, 15) is 9.59 Å². The smallest absolute Gasteiger partial charge is 0.252 e. The predicted octanol–water partition coefficient (Wildman–Crippen LogP) is 0.0459. The van der Waals surface area contributed by atoms with Crippen LogP contribution in [0.15, 0.2) is 10.9 Å². The Balaban J connectivity index is 1.63. The van der Waals surface area contributed by atoms with E-state index in [4.69, 9.17) is 10.5 Å². The summed E-state index contributed by atoms with van der Waals surface area (Å²) in [6, 6.07) is 1.25. The lowest BCUT2D eigenvalue weighted by Crippen LogP contribution is -2.62. The summed E-state index contributed by atoms with van der Waals surface area (Å²) in [6.45, 7) is 3.40. The molecular formula is C17H27N5O3. The summed E-state index contributed by atoms with van der Waals surface area (Å²) in [5, 5.41) is 3.05. The largest absolute Gasteiger partial charge is 0.383 e. The number of nitrogens with zero attached hydrogens (tertiary/aromatic N) is 2. The van der Waals surface area contributed by atoms with Crippen LogP contribution in [0.5, 0.6) is 0 Å². The quantitative estimate of drug-likeness (QED) is 0.692. The van der Waals surface area contributed by atoms with E-state index < -0.39 is 5.54 Å². The summed E-state index contributed by atoms with van der Waals surface area (Å²) in [5.74, 6) is 0.775. The molecule has 1 saturated heterocycles. The first kappa shape index (κ1) is 17.9. The van der Waals surface area contributed by atoms with Crippen molar-refractivity contribution in [3.05, 3.63) is 22.2 Å². The topological polar surface area (TPSA) is 113 Å². The van der Waals surface area contributed by atoms with Crippen LogP contribution in [-0.4, -0.2) is 59.2 Å². The molecule has 0 unspecified atom stereocenters. The van der Waals surface area contributed by atoms with Crippen molar-refractivity contribution in [3.8, 4) is 0 Å². The van der Waals surface area contributed by atoms with Gasteiger partial charge in [-0.25, -0.2) is 4.98 Å². The number of nitrogen functional groups attached to an aromatic ring is 1. The van der Waals surface area contributed by atoms with Crippen LogP contribution in [0, 0.1) is 0 Å². The summed E-state index contributed by atoms with van der Waals surface area (Å²) in [6.07, 6.45) is 5.58. The van der Waals surface area contributed by atoms with E-state index in [2.05, 4.69) is 20.2 Å². The van der Waals surface area contributed by atoms with Crippen molar-refractivity contribution < 1.29 is 9.53 Å².